The largest absolute Gasteiger partial charge is 0.307 e. The van der Waals surface area contributed by atoms with Gasteiger partial charge in [0.15, 0.2) is 0 Å². The number of hydrogen-bond acceptors (Lipinski definition) is 4. The average molecular weight is 283 g/mol. The van der Waals surface area contributed by atoms with Crippen LogP contribution in [0.3, 0.4) is 0 Å². The van der Waals surface area contributed by atoms with Crippen LogP contribution in [0.1, 0.15) is 15.9 Å². The van der Waals surface area contributed by atoms with E-state index in [1.54, 1.807) is 30.5 Å². The van der Waals surface area contributed by atoms with Crippen molar-refractivity contribution in [1.82, 2.24) is 4.98 Å². The van der Waals surface area contributed by atoms with Crippen LogP contribution in [0.5, 0.6) is 0 Å². The van der Waals surface area contributed by atoms with E-state index in [0.29, 0.717) is 17.9 Å². The molecule has 1 N–H and O–H groups in total. The summed E-state index contributed by atoms with van der Waals surface area (Å²) in [6.45, 7) is 0.614. The Morgan fingerprint density at radius 3 is 2.70 bits per heavy atom. The number of carbonyl (C=O) groups is 1. The van der Waals surface area contributed by atoms with Crippen molar-refractivity contribution in [3.8, 4) is 0 Å². The number of amides is 1. The van der Waals surface area contributed by atoms with Crippen LogP contribution in [-0.4, -0.2) is 22.6 Å². The van der Waals surface area contributed by atoms with E-state index < -0.39 is 0 Å². The van der Waals surface area contributed by atoms with Crippen LogP contribution in [0, 0.1) is 0 Å². The predicted octanol–water partition coefficient (Wildman–Crippen LogP) is 2.98. The highest BCUT2D eigenvalue weighted by Gasteiger charge is 2.06. The maximum atomic E-state index is 12.0. The Morgan fingerprint density at radius 1 is 1.25 bits per heavy atom. The minimum atomic E-state index is -0.174. The molecule has 0 radical (unpaired) electrons. The lowest BCUT2D eigenvalue weighted by molar-refractivity contribution is 0.102. The third-order valence-electron chi connectivity index (χ3n) is 2.70. The number of benzene rings is 1. The Bertz CT molecular complexity index is 619. The van der Waals surface area contributed by atoms with E-state index in [-0.39, 0.29) is 5.91 Å². The quantitative estimate of drug-likeness (QED) is 0.678. The van der Waals surface area contributed by atoms with Crippen molar-refractivity contribution in [1.29, 1.82) is 0 Å². The number of aliphatic imine (C=N–C) groups is 1. The maximum Gasteiger partial charge on any atom is 0.256 e. The average Bonchev–Trinajstić information content (AvgIpc) is 2.49. The van der Waals surface area contributed by atoms with Crippen molar-refractivity contribution in [3.63, 3.8) is 0 Å². The van der Waals surface area contributed by atoms with Gasteiger partial charge >= 0.3 is 0 Å². The van der Waals surface area contributed by atoms with Gasteiger partial charge in [-0.1, -0.05) is 18.2 Å². The second kappa shape index (κ2) is 7.28. The fourth-order valence-corrected chi connectivity index (χ4v) is 1.77. The molecule has 0 aliphatic heterocycles. The Hall–Kier alpha value is -2.36. The number of rotatable bonds is 5. The van der Waals surface area contributed by atoms with Gasteiger partial charge in [-0.25, -0.2) is 9.98 Å². The first-order valence-corrected chi connectivity index (χ1v) is 6.55. The molecule has 0 saturated heterocycles. The minimum Gasteiger partial charge on any atom is -0.307 e. The van der Waals surface area contributed by atoms with Crippen LogP contribution in [0.4, 0.5) is 5.82 Å². The molecule has 0 atom stereocenters. The van der Waals surface area contributed by atoms with E-state index in [1.807, 2.05) is 18.2 Å². The standard InChI is InChI=1S/C15H13N3OS/c19-15(18-14-3-1-2-9-17-14)13-6-4-12(5-7-13)8-10-16-11-20/h1-7,9H,8,10H2,(H,17,18,19). The van der Waals surface area contributed by atoms with Crippen LogP contribution >= 0.6 is 12.2 Å². The Balaban J connectivity index is 1.98. The van der Waals surface area contributed by atoms with Crippen molar-refractivity contribution in [2.45, 2.75) is 6.42 Å². The molecule has 0 fully saturated rings. The fourth-order valence-electron chi connectivity index (χ4n) is 1.68. The van der Waals surface area contributed by atoms with Crippen molar-refractivity contribution in [2.24, 2.45) is 4.99 Å². The lowest BCUT2D eigenvalue weighted by Crippen LogP contribution is -2.12. The highest BCUT2D eigenvalue weighted by Crippen LogP contribution is 2.08. The van der Waals surface area contributed by atoms with Crippen LogP contribution in [0.15, 0.2) is 53.7 Å². The molecule has 0 aliphatic rings. The third kappa shape index (κ3) is 4.09. The van der Waals surface area contributed by atoms with E-state index in [9.17, 15) is 4.79 Å². The zero-order valence-corrected chi connectivity index (χ0v) is 11.6. The Morgan fingerprint density at radius 2 is 2.05 bits per heavy atom. The van der Waals surface area contributed by atoms with Crippen molar-refractivity contribution >= 4 is 29.1 Å². The molecule has 0 aliphatic carbocycles. The minimum absolute atomic E-state index is 0.174. The first kappa shape index (κ1) is 14.1. The van der Waals surface area contributed by atoms with Crippen molar-refractivity contribution in [3.05, 3.63) is 59.8 Å². The SMILES string of the molecule is O=C(Nc1ccccn1)c1ccc(CCN=C=S)cc1. The second-order valence-corrected chi connectivity index (χ2v) is 4.27. The molecule has 1 aromatic heterocycles. The number of hydrogen-bond donors (Lipinski definition) is 1. The van der Waals surface area contributed by atoms with Gasteiger partial charge < -0.3 is 5.32 Å². The van der Waals surface area contributed by atoms with Gasteiger partial charge in [-0.2, -0.15) is 0 Å². The molecule has 100 valence electrons. The summed E-state index contributed by atoms with van der Waals surface area (Å²) in [5.41, 5.74) is 1.70. The number of thiocarbonyl (C=S) groups is 1. The molecule has 1 amide bonds. The molecule has 0 bridgehead atoms. The molecule has 2 aromatic rings. The summed E-state index contributed by atoms with van der Waals surface area (Å²) in [7, 11) is 0. The van der Waals surface area contributed by atoms with Crippen LogP contribution < -0.4 is 5.32 Å². The number of carbonyl (C=O) groups excluding carboxylic acids is 1. The monoisotopic (exact) mass is 283 g/mol. The van der Waals surface area contributed by atoms with Crippen LogP contribution in [0.2, 0.25) is 0 Å². The smallest absolute Gasteiger partial charge is 0.256 e. The summed E-state index contributed by atoms with van der Waals surface area (Å²) in [4.78, 5) is 19.9. The molecule has 4 nitrogen and oxygen atoms in total. The fraction of sp³-hybridized carbons (Fsp3) is 0.133. The van der Waals surface area contributed by atoms with Gasteiger partial charge in [0, 0.05) is 11.8 Å². The van der Waals surface area contributed by atoms with Crippen molar-refractivity contribution in [2.75, 3.05) is 11.9 Å². The van der Waals surface area contributed by atoms with E-state index in [4.69, 9.17) is 0 Å². The number of anilines is 1. The van der Waals surface area contributed by atoms with Gasteiger partial charge in [0.05, 0.1) is 11.7 Å². The second-order valence-electron chi connectivity index (χ2n) is 4.09. The lowest BCUT2D eigenvalue weighted by Gasteiger charge is -2.05. The number of aromatic nitrogens is 1. The molecular weight excluding hydrogens is 270 g/mol. The Labute approximate surface area is 122 Å². The molecular formula is C15H13N3OS. The summed E-state index contributed by atoms with van der Waals surface area (Å²) in [6.07, 6.45) is 2.42. The van der Waals surface area contributed by atoms with E-state index >= 15 is 0 Å². The summed E-state index contributed by atoms with van der Waals surface area (Å²) in [6, 6.07) is 12.8. The Kier molecular flexibility index (Phi) is 5.12. The normalized spacial score (nSPS) is 9.60. The van der Waals surface area contributed by atoms with Crippen molar-refractivity contribution < 1.29 is 4.79 Å². The van der Waals surface area contributed by atoms with Gasteiger partial charge in [0.25, 0.3) is 5.91 Å². The number of nitrogens with zero attached hydrogens (tertiary/aromatic N) is 2. The molecule has 2 rings (SSSR count). The van der Waals surface area contributed by atoms with E-state index in [2.05, 4.69) is 32.7 Å². The van der Waals surface area contributed by atoms with Gasteiger partial charge in [-0.05, 0) is 48.5 Å². The first-order valence-electron chi connectivity index (χ1n) is 6.14. The van der Waals surface area contributed by atoms with Gasteiger partial charge in [-0.3, -0.25) is 4.79 Å². The molecule has 0 spiro atoms. The van der Waals surface area contributed by atoms with Crippen LogP contribution in [-0.2, 0) is 6.42 Å². The lowest BCUT2D eigenvalue weighted by atomic mass is 10.1. The molecule has 5 heteroatoms. The van der Waals surface area contributed by atoms with Gasteiger partial charge in [0.1, 0.15) is 5.82 Å². The zero-order valence-electron chi connectivity index (χ0n) is 10.7. The zero-order chi connectivity index (χ0) is 14.2. The molecule has 0 unspecified atom stereocenters. The number of isothiocyanates is 1. The van der Waals surface area contributed by atoms with Gasteiger partial charge in [0.2, 0.25) is 0 Å². The van der Waals surface area contributed by atoms with E-state index in [1.165, 1.54) is 0 Å². The molecule has 1 aromatic carbocycles. The highest BCUT2D eigenvalue weighted by atomic mass is 32.1. The number of nitrogens with one attached hydrogen (secondary N) is 1. The molecule has 20 heavy (non-hydrogen) atoms. The van der Waals surface area contributed by atoms with Gasteiger partial charge in [-0.15, -0.1) is 0 Å². The summed E-state index contributed by atoms with van der Waals surface area (Å²) >= 11 is 4.51. The first-order chi connectivity index (χ1) is 9.79. The van der Waals surface area contributed by atoms with E-state index in [0.717, 1.165) is 12.0 Å². The summed E-state index contributed by atoms with van der Waals surface area (Å²) < 4.78 is 0. The summed E-state index contributed by atoms with van der Waals surface area (Å²) in [5, 5.41) is 5.07. The predicted molar refractivity (Wildman–Crippen MR) is 82.2 cm³/mol. The number of pyridine rings is 1. The maximum absolute atomic E-state index is 12.0. The topological polar surface area (TPSA) is 54.4 Å². The molecule has 0 saturated carbocycles. The van der Waals surface area contributed by atoms with Crippen LogP contribution in [0.25, 0.3) is 0 Å². The summed E-state index contributed by atoms with van der Waals surface area (Å²) in [5.74, 6) is 0.365. The highest BCUT2D eigenvalue weighted by molar-refractivity contribution is 7.78. The third-order valence-corrected chi connectivity index (χ3v) is 2.83. The molecule has 1 heterocycles.